The minimum Gasteiger partial charge on any atom is -0.301 e. The zero-order valence-corrected chi connectivity index (χ0v) is 5.07. The van der Waals surface area contributed by atoms with Gasteiger partial charge in [-0.15, -0.1) is 0 Å². The second-order valence-corrected chi connectivity index (χ2v) is 1.59. The van der Waals surface area contributed by atoms with Crippen molar-refractivity contribution in [3.8, 4) is 0 Å². The van der Waals surface area contributed by atoms with Crippen LogP contribution in [0.4, 0.5) is 13.2 Å². The Bertz CT molecular complexity index is 94.9. The highest BCUT2D eigenvalue weighted by atomic mass is 19.4. The van der Waals surface area contributed by atoms with Gasteiger partial charge in [0.25, 0.3) is 0 Å². The van der Waals surface area contributed by atoms with Crippen molar-refractivity contribution < 1.29 is 13.2 Å². The Kier molecular flexibility index (Phi) is 3.27. The Morgan fingerprint density at radius 2 is 2.00 bits per heavy atom. The molecule has 0 atom stereocenters. The largest absolute Gasteiger partial charge is 0.389 e. The van der Waals surface area contributed by atoms with Crippen LogP contribution in [0.5, 0.6) is 0 Å². The van der Waals surface area contributed by atoms with Crippen LogP contribution in [0.15, 0.2) is 4.99 Å². The summed E-state index contributed by atoms with van der Waals surface area (Å²) in [6.45, 7) is 0. The lowest BCUT2D eigenvalue weighted by Gasteiger charge is -2.00. The molecule has 0 aromatic heterocycles. The fourth-order valence-corrected chi connectivity index (χ4v) is 0.357. The third kappa shape index (κ3) is 7.46. The molecule has 0 aliphatic carbocycles. The first-order chi connectivity index (χ1) is 4.06. The highest BCUT2D eigenvalue weighted by Gasteiger charge is 2.25. The summed E-state index contributed by atoms with van der Waals surface area (Å²) in [4.78, 5) is 3.41. The molecule has 4 heteroatoms. The number of nitrogens with zero attached hydrogens (tertiary/aromatic N) is 1. The number of rotatable bonds is 2. The lowest BCUT2D eigenvalue weighted by atomic mass is 10.3. The molecule has 0 rings (SSSR count). The summed E-state index contributed by atoms with van der Waals surface area (Å²) >= 11 is 0. The van der Waals surface area contributed by atoms with E-state index in [2.05, 4.69) is 4.99 Å². The Morgan fingerprint density at radius 1 is 1.44 bits per heavy atom. The summed E-state index contributed by atoms with van der Waals surface area (Å²) in [5, 5.41) is 0. The van der Waals surface area contributed by atoms with E-state index in [4.69, 9.17) is 0 Å². The molecule has 0 bridgehead atoms. The summed E-state index contributed by atoms with van der Waals surface area (Å²) in [5.74, 6) is 0. The predicted molar refractivity (Wildman–Crippen MR) is 29.7 cm³/mol. The van der Waals surface area contributed by atoms with Gasteiger partial charge in [0.15, 0.2) is 0 Å². The zero-order valence-electron chi connectivity index (χ0n) is 5.07. The molecule has 9 heavy (non-hydrogen) atoms. The van der Waals surface area contributed by atoms with Crippen molar-refractivity contribution in [2.45, 2.75) is 19.0 Å². The molecular formula is C5H8F3N. The quantitative estimate of drug-likeness (QED) is 0.519. The van der Waals surface area contributed by atoms with Gasteiger partial charge in [-0.1, -0.05) is 0 Å². The van der Waals surface area contributed by atoms with E-state index in [-0.39, 0.29) is 6.42 Å². The molecule has 0 aromatic rings. The number of alkyl halides is 3. The molecule has 0 aliphatic heterocycles. The standard InChI is InChI=1S/C5H8F3N/c1-9-4-2-3-5(6,7)8/h4H,2-3H2,1H3. The first kappa shape index (κ1) is 8.46. The highest BCUT2D eigenvalue weighted by Crippen LogP contribution is 2.20. The molecule has 0 saturated heterocycles. The number of hydrogen-bond acceptors (Lipinski definition) is 1. The van der Waals surface area contributed by atoms with E-state index in [0.29, 0.717) is 0 Å². The third-order valence-corrected chi connectivity index (χ3v) is 0.739. The van der Waals surface area contributed by atoms with Gasteiger partial charge in [-0.05, 0) is 12.6 Å². The fraction of sp³-hybridized carbons (Fsp3) is 0.800. The van der Waals surface area contributed by atoms with E-state index in [9.17, 15) is 13.2 Å². The van der Waals surface area contributed by atoms with Crippen molar-refractivity contribution in [2.75, 3.05) is 7.05 Å². The van der Waals surface area contributed by atoms with Crippen LogP contribution >= 0.6 is 0 Å². The van der Waals surface area contributed by atoms with Crippen molar-refractivity contribution in [1.29, 1.82) is 0 Å². The SMILES string of the molecule is CN=CCCC(F)(F)F. The third-order valence-electron chi connectivity index (χ3n) is 0.739. The van der Waals surface area contributed by atoms with Gasteiger partial charge >= 0.3 is 6.18 Å². The zero-order chi connectivity index (χ0) is 7.33. The summed E-state index contributed by atoms with van der Waals surface area (Å²) in [5.41, 5.74) is 0. The van der Waals surface area contributed by atoms with Crippen LogP contribution < -0.4 is 0 Å². The van der Waals surface area contributed by atoms with Gasteiger partial charge in [0.1, 0.15) is 0 Å². The highest BCUT2D eigenvalue weighted by molar-refractivity contribution is 5.56. The van der Waals surface area contributed by atoms with E-state index in [1.165, 1.54) is 13.3 Å². The summed E-state index contributed by atoms with van der Waals surface area (Å²) in [6.07, 6.45) is -3.57. The Balaban J connectivity index is 3.28. The molecule has 0 unspecified atom stereocenters. The molecule has 0 aliphatic rings. The maximum atomic E-state index is 11.3. The Labute approximate surface area is 51.6 Å². The molecular weight excluding hydrogens is 131 g/mol. The number of aliphatic imine (C=N–C) groups is 1. The van der Waals surface area contributed by atoms with E-state index in [0.717, 1.165) is 0 Å². The van der Waals surface area contributed by atoms with Crippen LogP contribution in [0.25, 0.3) is 0 Å². The summed E-state index contributed by atoms with van der Waals surface area (Å²) in [6, 6.07) is 0. The average molecular weight is 139 g/mol. The van der Waals surface area contributed by atoms with E-state index in [1.807, 2.05) is 0 Å². The van der Waals surface area contributed by atoms with E-state index in [1.54, 1.807) is 0 Å². The Hall–Kier alpha value is -0.540. The van der Waals surface area contributed by atoms with Gasteiger partial charge in [0.05, 0.1) is 0 Å². The normalized spacial score (nSPS) is 12.9. The van der Waals surface area contributed by atoms with Crippen LogP contribution in [0.1, 0.15) is 12.8 Å². The Morgan fingerprint density at radius 3 is 2.33 bits per heavy atom. The van der Waals surface area contributed by atoms with Crippen LogP contribution in [-0.2, 0) is 0 Å². The number of hydrogen-bond donors (Lipinski definition) is 0. The molecule has 0 saturated carbocycles. The molecule has 0 heterocycles. The van der Waals surface area contributed by atoms with Gasteiger partial charge in [-0.3, -0.25) is 0 Å². The monoisotopic (exact) mass is 139 g/mol. The lowest BCUT2D eigenvalue weighted by Crippen LogP contribution is -2.06. The van der Waals surface area contributed by atoms with Crippen LogP contribution in [-0.4, -0.2) is 19.4 Å². The molecule has 0 radical (unpaired) electrons. The van der Waals surface area contributed by atoms with Crippen molar-refractivity contribution >= 4 is 6.21 Å². The lowest BCUT2D eigenvalue weighted by molar-refractivity contribution is -0.132. The molecule has 0 spiro atoms. The first-order valence-corrected chi connectivity index (χ1v) is 2.53. The first-order valence-electron chi connectivity index (χ1n) is 2.53. The predicted octanol–water partition coefficient (Wildman–Crippen LogP) is 2.03. The second-order valence-electron chi connectivity index (χ2n) is 1.59. The van der Waals surface area contributed by atoms with Gasteiger partial charge in [-0.25, -0.2) is 0 Å². The fourth-order valence-electron chi connectivity index (χ4n) is 0.357. The van der Waals surface area contributed by atoms with E-state index >= 15 is 0 Å². The van der Waals surface area contributed by atoms with Crippen molar-refractivity contribution in [3.05, 3.63) is 0 Å². The van der Waals surface area contributed by atoms with Crippen LogP contribution in [0.2, 0.25) is 0 Å². The maximum Gasteiger partial charge on any atom is 0.389 e. The molecule has 0 aromatic carbocycles. The van der Waals surface area contributed by atoms with E-state index < -0.39 is 12.6 Å². The smallest absolute Gasteiger partial charge is 0.301 e. The molecule has 1 nitrogen and oxygen atoms in total. The van der Waals surface area contributed by atoms with Gasteiger partial charge in [0, 0.05) is 13.5 Å². The van der Waals surface area contributed by atoms with Gasteiger partial charge in [0.2, 0.25) is 0 Å². The minimum absolute atomic E-state index is 0.0139. The average Bonchev–Trinajstić information content (AvgIpc) is 1.63. The van der Waals surface area contributed by atoms with Gasteiger partial charge in [-0.2, -0.15) is 13.2 Å². The van der Waals surface area contributed by atoms with Crippen molar-refractivity contribution in [3.63, 3.8) is 0 Å². The molecule has 0 amide bonds. The molecule has 54 valence electrons. The van der Waals surface area contributed by atoms with Crippen molar-refractivity contribution in [1.82, 2.24) is 0 Å². The second kappa shape index (κ2) is 3.48. The molecule has 0 N–H and O–H groups in total. The minimum atomic E-state index is -4.04. The summed E-state index contributed by atoms with van der Waals surface area (Å²) < 4.78 is 34.0. The molecule has 0 fully saturated rings. The summed E-state index contributed by atoms with van der Waals surface area (Å²) in [7, 11) is 1.45. The topological polar surface area (TPSA) is 12.4 Å². The van der Waals surface area contributed by atoms with Crippen LogP contribution in [0, 0.1) is 0 Å². The maximum absolute atomic E-state index is 11.3. The number of halogens is 3. The van der Waals surface area contributed by atoms with Crippen LogP contribution in [0.3, 0.4) is 0 Å². The van der Waals surface area contributed by atoms with Gasteiger partial charge < -0.3 is 4.99 Å². The van der Waals surface area contributed by atoms with Crippen molar-refractivity contribution in [2.24, 2.45) is 4.99 Å².